The number of carbonyl (C=O) groups is 1. The largest absolute Gasteiger partial charge is 0.497 e. The summed E-state index contributed by atoms with van der Waals surface area (Å²) < 4.78 is 10.5. The van der Waals surface area contributed by atoms with Gasteiger partial charge in [-0.1, -0.05) is 41.6 Å². The van der Waals surface area contributed by atoms with Gasteiger partial charge in [0.2, 0.25) is 11.5 Å². The molecular weight excluding hydrogens is 412 g/mol. The fourth-order valence-corrected chi connectivity index (χ4v) is 4.33. The van der Waals surface area contributed by atoms with E-state index in [0.717, 1.165) is 29.1 Å². The molecule has 0 spiro atoms. The molecule has 1 atom stereocenters. The number of methoxy groups -OCH3 is 1. The van der Waals surface area contributed by atoms with Crippen molar-refractivity contribution >= 4 is 27.8 Å². The van der Waals surface area contributed by atoms with Crippen molar-refractivity contribution in [2.45, 2.75) is 6.42 Å². The molecule has 0 amide bonds. The summed E-state index contributed by atoms with van der Waals surface area (Å²) in [4.78, 5) is 13.3. The molecule has 2 aromatic heterocycles. The number of allylic oxidation sites excluding steroid dienone is 2. The van der Waals surface area contributed by atoms with E-state index in [2.05, 4.69) is 16.5 Å². The Morgan fingerprint density at radius 3 is 2.97 bits per heavy atom. The number of nitrogens with two attached hydrogens (primary N) is 1. The molecule has 4 rings (SSSR count). The minimum atomic E-state index is -0.399. The summed E-state index contributed by atoms with van der Waals surface area (Å²) >= 11 is 1.15. The molecule has 3 aromatic rings. The number of carbonyl (C=O) groups excluding carboxylic acids is 1. The molecule has 0 fully saturated rings. The zero-order chi connectivity index (χ0) is 21.8. The third-order valence-corrected chi connectivity index (χ3v) is 6.11. The molecule has 31 heavy (non-hydrogen) atoms. The van der Waals surface area contributed by atoms with Crippen LogP contribution in [0.2, 0.25) is 0 Å². The Morgan fingerprint density at radius 1 is 1.42 bits per heavy atom. The second kappa shape index (κ2) is 8.90. The lowest BCUT2D eigenvalue weighted by molar-refractivity contribution is 0.100. The van der Waals surface area contributed by atoms with Crippen LogP contribution < -0.4 is 11.1 Å². The highest BCUT2D eigenvalue weighted by molar-refractivity contribution is 7.19. The number of ketones is 1. The zero-order valence-corrected chi connectivity index (χ0v) is 17.6. The molecule has 156 valence electrons. The van der Waals surface area contributed by atoms with Gasteiger partial charge < -0.3 is 20.3 Å². The van der Waals surface area contributed by atoms with Crippen LogP contribution in [0.25, 0.3) is 11.3 Å². The van der Waals surface area contributed by atoms with Crippen molar-refractivity contribution in [1.29, 1.82) is 5.26 Å². The molecule has 0 bridgehead atoms. The van der Waals surface area contributed by atoms with Gasteiger partial charge in [-0.25, -0.2) is 0 Å². The van der Waals surface area contributed by atoms with Gasteiger partial charge in [-0.15, -0.1) is 11.3 Å². The number of aromatic nitrogens is 1. The van der Waals surface area contributed by atoms with Gasteiger partial charge in [0.25, 0.3) is 0 Å². The Morgan fingerprint density at radius 2 is 2.23 bits per heavy atom. The highest BCUT2D eigenvalue weighted by atomic mass is 32.1. The summed E-state index contributed by atoms with van der Waals surface area (Å²) in [5.74, 6) is 0.688. The number of hydrogen-bond acceptors (Lipinski definition) is 8. The maximum Gasteiger partial charge on any atom is 0.243 e. The topological polar surface area (TPSA) is 114 Å². The van der Waals surface area contributed by atoms with Gasteiger partial charge in [-0.2, -0.15) is 5.26 Å². The molecule has 1 aliphatic carbocycles. The summed E-state index contributed by atoms with van der Waals surface area (Å²) in [6.07, 6.45) is 6.86. The van der Waals surface area contributed by atoms with E-state index in [1.54, 1.807) is 13.2 Å². The molecule has 2 heterocycles. The maximum absolute atomic E-state index is 13.0. The second-order valence-corrected chi connectivity index (χ2v) is 8.01. The average molecular weight is 433 g/mol. The van der Waals surface area contributed by atoms with Gasteiger partial charge in [0, 0.05) is 24.1 Å². The van der Waals surface area contributed by atoms with Crippen LogP contribution in [0.3, 0.4) is 0 Å². The second-order valence-electron chi connectivity index (χ2n) is 6.98. The highest BCUT2D eigenvalue weighted by Crippen LogP contribution is 2.37. The van der Waals surface area contributed by atoms with Crippen LogP contribution in [0.15, 0.2) is 64.9 Å². The molecule has 8 heteroatoms. The predicted octanol–water partition coefficient (Wildman–Crippen LogP) is 4.61. The van der Waals surface area contributed by atoms with E-state index < -0.39 is 5.78 Å². The molecule has 1 aromatic carbocycles. The first-order chi connectivity index (χ1) is 15.1. The first-order valence-electron chi connectivity index (χ1n) is 9.66. The van der Waals surface area contributed by atoms with E-state index in [1.165, 1.54) is 0 Å². The van der Waals surface area contributed by atoms with Crippen LogP contribution in [0.4, 0.5) is 10.7 Å². The number of rotatable bonds is 7. The van der Waals surface area contributed by atoms with Crippen LogP contribution in [0.1, 0.15) is 27.4 Å². The minimum absolute atomic E-state index is 0.0768. The van der Waals surface area contributed by atoms with Crippen molar-refractivity contribution in [3.63, 3.8) is 0 Å². The normalized spacial score (nSPS) is 15.2. The summed E-state index contributed by atoms with van der Waals surface area (Å²) in [6, 6.07) is 13.1. The summed E-state index contributed by atoms with van der Waals surface area (Å²) in [5.41, 5.74) is 7.96. The Hall–Kier alpha value is -3.83. The van der Waals surface area contributed by atoms with E-state index in [4.69, 9.17) is 15.0 Å². The van der Waals surface area contributed by atoms with Crippen LogP contribution in [0.5, 0.6) is 0 Å². The van der Waals surface area contributed by atoms with Gasteiger partial charge in [-0.05, 0) is 18.6 Å². The number of nitrogens with zero attached hydrogens (tertiary/aromatic N) is 2. The number of anilines is 2. The third-order valence-electron chi connectivity index (χ3n) is 4.95. The summed E-state index contributed by atoms with van der Waals surface area (Å²) in [5, 5.41) is 17.4. The third kappa shape index (κ3) is 4.22. The minimum Gasteiger partial charge on any atom is -0.497 e. The fraction of sp³-hybridized carbons (Fsp3) is 0.174. The Balaban J connectivity index is 1.54. The van der Waals surface area contributed by atoms with Crippen molar-refractivity contribution in [2.75, 3.05) is 24.7 Å². The summed E-state index contributed by atoms with van der Waals surface area (Å²) in [6.45, 7) is 0.583. The number of nitriles is 1. The quantitative estimate of drug-likeness (QED) is 0.524. The first kappa shape index (κ1) is 20.4. The lowest BCUT2D eigenvalue weighted by atomic mass is 10.00. The molecule has 3 N–H and O–H groups in total. The molecule has 0 radical (unpaired) electrons. The molecule has 1 aliphatic rings. The molecule has 0 saturated carbocycles. The van der Waals surface area contributed by atoms with Crippen molar-refractivity contribution in [3.05, 3.63) is 76.6 Å². The Labute approximate surface area is 183 Å². The van der Waals surface area contributed by atoms with Gasteiger partial charge in [0.1, 0.15) is 33.0 Å². The summed E-state index contributed by atoms with van der Waals surface area (Å²) in [7, 11) is 1.63. The van der Waals surface area contributed by atoms with Gasteiger partial charge in [-0.3, -0.25) is 4.79 Å². The maximum atomic E-state index is 13.0. The van der Waals surface area contributed by atoms with Crippen molar-refractivity contribution in [2.24, 2.45) is 5.92 Å². The lowest BCUT2D eigenvalue weighted by Crippen LogP contribution is -2.14. The van der Waals surface area contributed by atoms with Crippen LogP contribution in [0, 0.1) is 17.2 Å². The Bertz CT molecular complexity index is 1200. The van der Waals surface area contributed by atoms with Gasteiger partial charge >= 0.3 is 0 Å². The van der Waals surface area contributed by atoms with E-state index in [0.29, 0.717) is 17.2 Å². The van der Waals surface area contributed by atoms with Crippen molar-refractivity contribution in [3.8, 4) is 17.3 Å². The number of nitrogens with one attached hydrogen (secondary N) is 1. The standard InChI is InChI=1S/C23H20N4O3S/c1-29-16-9-5-6-14(10-16)13-26-23-17(12-24)20(25)22(31-23)21(28)19-11-18(27-30-19)15-7-3-2-4-8-15/h2-5,7-11,14,26H,6,13,25H2,1H3. The van der Waals surface area contributed by atoms with Crippen LogP contribution >= 0.6 is 11.3 Å². The zero-order valence-electron chi connectivity index (χ0n) is 16.8. The average Bonchev–Trinajstić information content (AvgIpc) is 3.43. The van der Waals surface area contributed by atoms with Crippen molar-refractivity contribution < 1.29 is 14.1 Å². The molecular formula is C23H20N4O3S. The van der Waals surface area contributed by atoms with Crippen molar-refractivity contribution in [1.82, 2.24) is 5.16 Å². The highest BCUT2D eigenvalue weighted by Gasteiger charge is 2.25. The number of benzene rings is 1. The number of thiophene rings is 1. The van der Waals surface area contributed by atoms with E-state index >= 15 is 0 Å². The molecule has 1 unspecified atom stereocenters. The van der Waals surface area contributed by atoms with E-state index in [1.807, 2.05) is 48.6 Å². The molecule has 0 saturated heterocycles. The van der Waals surface area contributed by atoms with Gasteiger partial charge in [0.05, 0.1) is 12.8 Å². The van der Waals surface area contributed by atoms with E-state index in [9.17, 15) is 10.1 Å². The first-order valence-corrected chi connectivity index (χ1v) is 10.5. The Kier molecular flexibility index (Phi) is 5.87. The molecule has 0 aliphatic heterocycles. The van der Waals surface area contributed by atoms with Gasteiger partial charge in [0.15, 0.2) is 0 Å². The lowest BCUT2D eigenvalue weighted by Gasteiger charge is -2.16. The molecule has 7 nitrogen and oxygen atoms in total. The number of nitrogen functional groups attached to an aromatic ring is 1. The van der Waals surface area contributed by atoms with Crippen LogP contribution in [-0.2, 0) is 4.74 Å². The number of ether oxygens (including phenoxy) is 1. The predicted molar refractivity (Wildman–Crippen MR) is 120 cm³/mol. The van der Waals surface area contributed by atoms with E-state index in [-0.39, 0.29) is 27.8 Å². The SMILES string of the molecule is COC1=CC(CNc2sc(C(=O)c3cc(-c4ccccc4)no3)c(N)c2C#N)CC=C1. The van der Waals surface area contributed by atoms with Crippen LogP contribution in [-0.4, -0.2) is 24.6 Å². The fourth-order valence-electron chi connectivity index (χ4n) is 3.30. The number of hydrogen-bond donors (Lipinski definition) is 2. The smallest absolute Gasteiger partial charge is 0.243 e. The monoisotopic (exact) mass is 432 g/mol.